The molecular weight excluding hydrogens is 417 g/mol. The van der Waals surface area contributed by atoms with Crippen LogP contribution in [0.1, 0.15) is 22.8 Å². The van der Waals surface area contributed by atoms with Crippen molar-refractivity contribution in [3.05, 3.63) is 94.8 Å². The van der Waals surface area contributed by atoms with Gasteiger partial charge in [0.15, 0.2) is 0 Å². The molecule has 3 aromatic rings. The molecule has 0 heterocycles. The van der Waals surface area contributed by atoms with Gasteiger partial charge in [-0.1, -0.05) is 30.7 Å². The zero-order chi connectivity index (χ0) is 22.2. The number of nitrogens with one attached hydrogen (secondary N) is 2. The third-order valence-electron chi connectivity index (χ3n) is 4.72. The van der Waals surface area contributed by atoms with E-state index in [9.17, 15) is 14.0 Å². The fraction of sp³-hybridized carbons (Fsp3) is 0.167. The largest absolute Gasteiger partial charge is 0.350 e. The normalized spacial score (nSPS) is 10.4. The molecule has 0 bridgehead atoms. The van der Waals surface area contributed by atoms with Crippen molar-refractivity contribution >= 4 is 34.9 Å². The Morgan fingerprint density at radius 2 is 1.58 bits per heavy atom. The molecule has 0 radical (unpaired) electrons. The van der Waals surface area contributed by atoms with Crippen LogP contribution in [0.3, 0.4) is 0 Å². The number of nitrogens with zero attached hydrogens (tertiary/aromatic N) is 1. The highest BCUT2D eigenvalue weighted by Crippen LogP contribution is 2.18. The number of urea groups is 1. The molecule has 31 heavy (non-hydrogen) atoms. The Morgan fingerprint density at radius 1 is 0.935 bits per heavy atom. The van der Waals surface area contributed by atoms with E-state index in [-0.39, 0.29) is 19.0 Å². The number of halogens is 2. The molecule has 160 valence electrons. The molecule has 5 nitrogen and oxygen atoms in total. The first-order chi connectivity index (χ1) is 15.0. The summed E-state index contributed by atoms with van der Waals surface area (Å²) in [6.45, 7) is 2.47. The SMILES string of the molecule is CCc1ccc(C(=O)NCCN(C(=O)Nc2ccc(Cl)cc2)c2ccc(F)cc2)cc1. The standard InChI is InChI=1S/C24H23ClFN3O2/c1-2-17-3-5-18(6-4-17)23(30)27-15-16-29(22-13-9-20(26)10-14-22)24(31)28-21-11-7-19(25)8-12-21/h3-14H,2,15-16H2,1H3,(H,27,30)(H,28,31). The van der Waals surface area contributed by atoms with E-state index in [4.69, 9.17) is 11.6 Å². The van der Waals surface area contributed by atoms with E-state index in [0.29, 0.717) is 22.0 Å². The number of carbonyl (C=O) groups excluding carboxylic acids is 2. The Hall–Kier alpha value is -3.38. The molecule has 0 aliphatic carbocycles. The molecular formula is C24H23ClFN3O2. The Morgan fingerprint density at radius 3 is 2.19 bits per heavy atom. The van der Waals surface area contributed by atoms with Gasteiger partial charge < -0.3 is 10.6 Å². The lowest BCUT2D eigenvalue weighted by atomic mass is 10.1. The number of carbonyl (C=O) groups is 2. The molecule has 0 atom stereocenters. The van der Waals surface area contributed by atoms with Crippen LogP contribution in [0.2, 0.25) is 5.02 Å². The van der Waals surface area contributed by atoms with E-state index in [1.807, 2.05) is 19.1 Å². The lowest BCUT2D eigenvalue weighted by molar-refractivity contribution is 0.0954. The molecule has 0 saturated heterocycles. The first-order valence-electron chi connectivity index (χ1n) is 9.93. The first kappa shape index (κ1) is 22.3. The monoisotopic (exact) mass is 439 g/mol. The number of anilines is 2. The van der Waals surface area contributed by atoms with Gasteiger partial charge >= 0.3 is 6.03 Å². The van der Waals surface area contributed by atoms with Gasteiger partial charge in [0.1, 0.15) is 5.82 Å². The van der Waals surface area contributed by atoms with Crippen molar-refractivity contribution in [1.29, 1.82) is 0 Å². The number of aryl methyl sites for hydroxylation is 1. The van der Waals surface area contributed by atoms with E-state index >= 15 is 0 Å². The van der Waals surface area contributed by atoms with E-state index in [0.717, 1.165) is 12.0 Å². The zero-order valence-corrected chi connectivity index (χ0v) is 17.8. The summed E-state index contributed by atoms with van der Waals surface area (Å²) in [7, 11) is 0. The number of hydrogen-bond acceptors (Lipinski definition) is 2. The molecule has 3 aromatic carbocycles. The quantitative estimate of drug-likeness (QED) is 0.510. The zero-order valence-electron chi connectivity index (χ0n) is 17.1. The fourth-order valence-electron chi connectivity index (χ4n) is 2.97. The van der Waals surface area contributed by atoms with Crippen LogP contribution in [-0.4, -0.2) is 25.0 Å². The molecule has 7 heteroatoms. The lowest BCUT2D eigenvalue weighted by Gasteiger charge is -2.23. The summed E-state index contributed by atoms with van der Waals surface area (Å²) in [6, 6.07) is 19.3. The molecule has 0 spiro atoms. The van der Waals surface area contributed by atoms with Crippen LogP contribution in [0.4, 0.5) is 20.6 Å². The number of amides is 3. The van der Waals surface area contributed by atoms with E-state index in [1.54, 1.807) is 36.4 Å². The van der Waals surface area contributed by atoms with Crippen LogP contribution in [0.5, 0.6) is 0 Å². The average Bonchev–Trinajstić information content (AvgIpc) is 2.79. The maximum Gasteiger partial charge on any atom is 0.326 e. The maximum absolute atomic E-state index is 13.3. The molecule has 3 rings (SSSR count). The molecule has 0 aliphatic heterocycles. The third-order valence-corrected chi connectivity index (χ3v) is 4.98. The van der Waals surface area contributed by atoms with Crippen LogP contribution < -0.4 is 15.5 Å². The highest BCUT2D eigenvalue weighted by Gasteiger charge is 2.17. The van der Waals surface area contributed by atoms with Crippen molar-refractivity contribution in [2.45, 2.75) is 13.3 Å². The summed E-state index contributed by atoms with van der Waals surface area (Å²) in [5.41, 5.74) is 2.78. The summed E-state index contributed by atoms with van der Waals surface area (Å²) < 4.78 is 13.3. The van der Waals surface area contributed by atoms with Gasteiger partial charge in [-0.2, -0.15) is 0 Å². The summed E-state index contributed by atoms with van der Waals surface area (Å²) in [5.74, 6) is -0.620. The minimum atomic E-state index is -0.407. The van der Waals surface area contributed by atoms with Crippen LogP contribution in [-0.2, 0) is 6.42 Å². The van der Waals surface area contributed by atoms with E-state index in [2.05, 4.69) is 10.6 Å². The van der Waals surface area contributed by atoms with E-state index < -0.39 is 11.8 Å². The van der Waals surface area contributed by atoms with Crippen molar-refractivity contribution in [3.63, 3.8) is 0 Å². The topological polar surface area (TPSA) is 61.4 Å². The van der Waals surface area contributed by atoms with Crippen molar-refractivity contribution in [2.24, 2.45) is 0 Å². The van der Waals surface area contributed by atoms with Gasteiger partial charge in [-0.15, -0.1) is 0 Å². The second-order valence-corrected chi connectivity index (χ2v) is 7.31. The Bertz CT molecular complexity index is 1020. The van der Waals surface area contributed by atoms with Gasteiger partial charge in [-0.05, 0) is 72.6 Å². The summed E-state index contributed by atoms with van der Waals surface area (Å²) >= 11 is 5.89. The second-order valence-electron chi connectivity index (χ2n) is 6.87. The van der Waals surface area contributed by atoms with Crippen LogP contribution >= 0.6 is 11.6 Å². The smallest absolute Gasteiger partial charge is 0.326 e. The second kappa shape index (κ2) is 10.6. The maximum atomic E-state index is 13.3. The van der Waals surface area contributed by atoms with Crippen LogP contribution in [0.25, 0.3) is 0 Å². The van der Waals surface area contributed by atoms with Crippen molar-refractivity contribution in [2.75, 3.05) is 23.3 Å². The molecule has 0 aromatic heterocycles. The van der Waals surface area contributed by atoms with Gasteiger partial charge in [0.2, 0.25) is 0 Å². The number of hydrogen-bond donors (Lipinski definition) is 2. The molecule has 0 unspecified atom stereocenters. The van der Waals surface area contributed by atoms with Gasteiger partial charge in [0, 0.05) is 35.1 Å². The van der Waals surface area contributed by atoms with Crippen molar-refractivity contribution in [1.82, 2.24) is 5.32 Å². The predicted molar refractivity (Wildman–Crippen MR) is 122 cm³/mol. The fourth-order valence-corrected chi connectivity index (χ4v) is 3.09. The number of rotatable bonds is 7. The summed E-state index contributed by atoms with van der Waals surface area (Å²) in [4.78, 5) is 26.7. The van der Waals surface area contributed by atoms with Gasteiger partial charge in [0.25, 0.3) is 5.91 Å². The molecule has 0 fully saturated rings. The van der Waals surface area contributed by atoms with Crippen molar-refractivity contribution < 1.29 is 14.0 Å². The molecule has 0 aliphatic rings. The number of benzene rings is 3. The van der Waals surface area contributed by atoms with E-state index in [1.165, 1.54) is 29.2 Å². The molecule has 0 saturated carbocycles. The summed E-state index contributed by atoms with van der Waals surface area (Å²) in [5, 5.41) is 6.17. The highest BCUT2D eigenvalue weighted by atomic mass is 35.5. The van der Waals surface area contributed by atoms with Crippen molar-refractivity contribution in [3.8, 4) is 0 Å². The van der Waals surface area contributed by atoms with Crippen LogP contribution in [0.15, 0.2) is 72.8 Å². The minimum absolute atomic E-state index is 0.198. The van der Waals surface area contributed by atoms with Gasteiger partial charge in [-0.25, -0.2) is 9.18 Å². The highest BCUT2D eigenvalue weighted by molar-refractivity contribution is 6.30. The Labute approximate surface area is 185 Å². The Balaban J connectivity index is 1.67. The lowest BCUT2D eigenvalue weighted by Crippen LogP contribution is -2.41. The third kappa shape index (κ3) is 6.30. The van der Waals surface area contributed by atoms with Gasteiger partial charge in [0.05, 0.1) is 0 Å². The first-order valence-corrected chi connectivity index (χ1v) is 10.3. The predicted octanol–water partition coefficient (Wildman–Crippen LogP) is 5.51. The molecule has 3 amide bonds. The Kier molecular flexibility index (Phi) is 7.62. The van der Waals surface area contributed by atoms with Gasteiger partial charge in [-0.3, -0.25) is 9.69 Å². The average molecular weight is 440 g/mol. The summed E-state index contributed by atoms with van der Waals surface area (Å²) in [6.07, 6.45) is 0.900. The minimum Gasteiger partial charge on any atom is -0.350 e. The van der Waals surface area contributed by atoms with Crippen LogP contribution in [0, 0.1) is 5.82 Å². The molecule has 2 N–H and O–H groups in total.